The summed E-state index contributed by atoms with van der Waals surface area (Å²) < 4.78 is 0. The molecule has 5 heterocycles. The second kappa shape index (κ2) is 61.3. The average molecular weight is 2060 g/mol. The summed E-state index contributed by atoms with van der Waals surface area (Å²) in [6.07, 6.45) is -0.557. The SMILES string of the molecule is CSCCC(N=C(O)CCC1N=C(O)C(CC(=O)O)N=C(O)CN=C(O)C(CCCNC(=N)N)N=C(O)C(CCCCN)N=C1O)C(O)=NC(CC(=O)O)C(O)=NC(CC(=O)O)C(=O)N1CCCC1C(O)=NCC(O)=NC(=N)NCCCC(N)C(O)=NC(CC(=N)O)C(=O)N1CCCC1C(O)=NC(Cc1cnc[nH]1)C(O)=NC(CCCCN)C(O)=NCC(=O)N1CCCC1C(O)=NC(C)C(O)=NC(C(=O)O)C(C)O. The number of guanidine groups is 2. The molecule has 4 aliphatic heterocycles. The second-order valence-electron chi connectivity index (χ2n) is 33.6. The number of imidazole rings is 1. The lowest BCUT2D eigenvalue weighted by Crippen LogP contribution is -2.46. The van der Waals surface area contributed by atoms with Crippen LogP contribution in [0.25, 0.3) is 0 Å². The van der Waals surface area contributed by atoms with Gasteiger partial charge < -0.3 is 166 Å². The highest BCUT2D eigenvalue weighted by Crippen LogP contribution is 2.27. The van der Waals surface area contributed by atoms with Gasteiger partial charge in [-0.2, -0.15) is 16.8 Å². The maximum absolute atomic E-state index is 14.4. The Bertz CT molecular complexity index is 5020. The molecule has 5 rings (SSSR count). The van der Waals surface area contributed by atoms with Gasteiger partial charge in [-0.25, -0.2) is 84.7 Å². The first-order valence-corrected chi connectivity index (χ1v) is 47.5. The van der Waals surface area contributed by atoms with Gasteiger partial charge in [0.1, 0.15) is 104 Å². The number of H-pyrrole nitrogens is 1. The molecule has 4 aliphatic rings. The molecule has 17 unspecified atom stereocenters. The molecule has 17 atom stereocenters. The number of amides is 3. The Morgan fingerprint density at radius 3 is 1.62 bits per heavy atom. The van der Waals surface area contributed by atoms with Gasteiger partial charge in [0.2, 0.25) is 106 Å². The molecule has 0 saturated carbocycles. The summed E-state index contributed by atoms with van der Waals surface area (Å²) in [5.74, 6) is -25.0. The van der Waals surface area contributed by atoms with Crippen molar-refractivity contribution in [3.05, 3.63) is 18.2 Å². The van der Waals surface area contributed by atoms with E-state index < -0.39 is 309 Å². The van der Waals surface area contributed by atoms with E-state index in [9.17, 15) is 146 Å². The van der Waals surface area contributed by atoms with Crippen LogP contribution in [0.3, 0.4) is 0 Å². The van der Waals surface area contributed by atoms with Crippen molar-refractivity contribution >= 4 is 166 Å². The normalized spacial score (nSPS) is 21.7. The van der Waals surface area contributed by atoms with Crippen molar-refractivity contribution in [3.8, 4) is 0 Å². The molecular formula is C84H134N30O29S. The molecule has 0 bridgehead atoms. The number of likely N-dealkylation sites (tertiary alicyclic amines) is 3. The number of carboxylic acids is 4. The van der Waals surface area contributed by atoms with Gasteiger partial charge in [0.15, 0.2) is 29.7 Å². The molecule has 0 spiro atoms. The third-order valence-electron chi connectivity index (χ3n) is 22.3. The number of nitrogens with zero attached hydrogens (tertiary/aromatic N) is 20. The van der Waals surface area contributed by atoms with Crippen LogP contribution >= 0.6 is 11.8 Å². The largest absolute Gasteiger partial charge is 0.497 e. The summed E-state index contributed by atoms with van der Waals surface area (Å²) in [7, 11) is 0. The Labute approximate surface area is 828 Å². The average Bonchev–Trinajstić information content (AvgIpc) is 1.66. The number of thioether (sulfide) groups is 1. The zero-order valence-electron chi connectivity index (χ0n) is 79.6. The third-order valence-corrected chi connectivity index (χ3v) is 23.0. The number of aliphatic hydroxyl groups is 18. The number of nitrogens with two attached hydrogens (primary N) is 4. The van der Waals surface area contributed by atoms with E-state index in [1.165, 1.54) is 36.1 Å². The van der Waals surface area contributed by atoms with Crippen LogP contribution in [0.4, 0.5) is 0 Å². The molecule has 0 radical (unpaired) electrons. The first kappa shape index (κ1) is 120. The molecule has 144 heavy (non-hydrogen) atoms. The zero-order chi connectivity index (χ0) is 107. The van der Waals surface area contributed by atoms with E-state index in [1.54, 1.807) is 6.26 Å². The standard InChI is InChI=1S/C84H134N30O29S/c1-41(67(127)111-66(42(2)115)82(142)143)99-78(138)56-18-10-27-112(56)62(120)39-97-70(130)45(14-4-6-23-85)103-74(134)50(31-43-36-92-40-98-43)107-79(139)57-19-12-29-114(57)80(140)53(32-58(88)116)108-68(128)44(87)13-8-26-94-84(91)110-61(119)38-96-77(137)55-17-11-28-113(55)81(141)54(35-65(125)126)109-76(136)52(34-64(123)124)106-73(133)49(22-30-144-3)100-59(117)21-20-48-72(132)104-47(15-5-7-24-86)71(131)102-46(16-9-25-93-83(89)90)69(129)95-37-60(118)101-51(33-63(121)122)75(135)105-48/h36,40-42,44-57,66,115H,4-35,37-39,85-87H2,1-3H3,(H2,88,116)(H,92,98)(H,95,129)(H,96,137)(H,97,130)(H,99,138)(H,100,117)(H,101,118)(H,102,131)(H,103,134)(H,104,132)(H,105,135)(H,106,133)(H,107,139)(H,108,128)(H,109,136)(H,111,127)(H,121,122)(H,123,124)(H,125,126)(H,142,143)(H4,89,90,93)(H3,91,94,110,119). The highest BCUT2D eigenvalue weighted by Gasteiger charge is 2.42. The fourth-order valence-corrected chi connectivity index (χ4v) is 15.4. The van der Waals surface area contributed by atoms with Crippen molar-refractivity contribution < 1.29 is 146 Å². The quantitative estimate of drug-likeness (QED) is 0.0247. The van der Waals surface area contributed by atoms with E-state index in [2.05, 4.69) is 100 Å². The van der Waals surface area contributed by atoms with Gasteiger partial charge in [0, 0.05) is 57.5 Å². The topological polar surface area (TPSA) is 1000 Å². The smallest absolute Gasteiger partial charge is 0.331 e. The number of unbranched alkanes of at least 4 members (excludes halogenated alkanes) is 2. The van der Waals surface area contributed by atoms with Crippen molar-refractivity contribution in [2.45, 2.75) is 271 Å². The fourth-order valence-electron chi connectivity index (χ4n) is 14.9. The number of carbonyl (C=O) groups is 7. The zero-order valence-corrected chi connectivity index (χ0v) is 80.4. The van der Waals surface area contributed by atoms with Crippen LogP contribution in [0.2, 0.25) is 0 Å². The number of hydrogen-bond acceptors (Lipinski definition) is 31. The summed E-state index contributed by atoms with van der Waals surface area (Å²) in [6.45, 7) is 0.356. The van der Waals surface area contributed by atoms with Crippen LogP contribution in [0.15, 0.2) is 92.4 Å². The van der Waals surface area contributed by atoms with Crippen LogP contribution in [0.5, 0.6) is 0 Å². The van der Waals surface area contributed by atoms with E-state index in [4.69, 9.17) is 39.2 Å². The molecule has 3 amide bonds. The molecule has 59 nitrogen and oxygen atoms in total. The van der Waals surface area contributed by atoms with Crippen LogP contribution < -0.4 is 33.6 Å². The summed E-state index contributed by atoms with van der Waals surface area (Å²) in [5.41, 5.74) is 23.6. The Hall–Kier alpha value is -14.6. The van der Waals surface area contributed by atoms with Crippen LogP contribution in [-0.2, 0) is 40.0 Å². The van der Waals surface area contributed by atoms with Crippen molar-refractivity contribution in [3.63, 3.8) is 0 Å². The van der Waals surface area contributed by atoms with Crippen molar-refractivity contribution in [1.29, 1.82) is 16.2 Å². The van der Waals surface area contributed by atoms with Crippen molar-refractivity contribution in [2.24, 2.45) is 103 Å². The number of aromatic amines is 1. The number of aliphatic hydroxyl groups excluding tert-OH is 18. The summed E-state index contributed by atoms with van der Waals surface area (Å²) >= 11 is 1.20. The lowest BCUT2D eigenvalue weighted by molar-refractivity contribution is -0.142. The molecule has 1 aromatic rings. The first-order valence-electron chi connectivity index (χ1n) is 46.1. The minimum Gasteiger partial charge on any atom is -0.497 e. The molecule has 36 N–H and O–H groups in total. The van der Waals surface area contributed by atoms with Crippen LogP contribution in [-0.4, -0.2) is 471 Å². The molecular weight excluding hydrogens is 1930 g/mol. The summed E-state index contributed by atoms with van der Waals surface area (Å²) in [6, 6.07) is -24.7. The number of aromatic nitrogens is 2. The van der Waals surface area contributed by atoms with Gasteiger partial charge in [-0.15, -0.1) is 0 Å². The highest BCUT2D eigenvalue weighted by atomic mass is 32.2. The number of carbonyl (C=O) groups excluding carboxylic acids is 3. The summed E-state index contributed by atoms with van der Waals surface area (Å²) in [5, 5.41) is 269. The number of nitrogens with one attached hydrogen (secondary N) is 6. The first-order chi connectivity index (χ1) is 68.2. The second-order valence-corrected chi connectivity index (χ2v) is 34.6. The molecule has 0 aromatic carbocycles. The number of aliphatic carboxylic acids is 4. The predicted octanol–water partition coefficient (Wildman–Crippen LogP) is 1.19. The lowest BCUT2D eigenvalue weighted by Gasteiger charge is -2.27. The van der Waals surface area contributed by atoms with Crippen molar-refractivity contribution in [1.82, 2.24) is 35.3 Å². The van der Waals surface area contributed by atoms with Gasteiger partial charge in [-0.1, -0.05) is 0 Å². The van der Waals surface area contributed by atoms with Gasteiger partial charge in [0.05, 0.1) is 44.2 Å². The number of hydrogen-bond donors (Lipinski definition) is 32. The fraction of sp³-hybridized carbons (Fsp3) is 0.655. The molecule has 3 saturated heterocycles. The van der Waals surface area contributed by atoms with E-state index in [0.29, 0.717) is 31.4 Å². The van der Waals surface area contributed by atoms with E-state index in [1.807, 2.05) is 0 Å². The molecule has 0 aliphatic carbocycles. The number of rotatable bonds is 57. The Morgan fingerprint density at radius 2 is 1.04 bits per heavy atom. The van der Waals surface area contributed by atoms with Gasteiger partial charge in [-0.3, -0.25) is 45.0 Å². The third kappa shape index (κ3) is 41.2. The minimum absolute atomic E-state index is 0.00707. The lowest BCUT2D eigenvalue weighted by atomic mass is 10.1. The Kier molecular flexibility index (Phi) is 51.0. The number of aliphatic imine (C=N–C) groups is 16. The van der Waals surface area contributed by atoms with E-state index in [-0.39, 0.29) is 147 Å². The van der Waals surface area contributed by atoms with Gasteiger partial charge in [0.25, 0.3) is 0 Å². The maximum Gasteiger partial charge on any atom is 0.331 e. The highest BCUT2D eigenvalue weighted by molar-refractivity contribution is 7.98. The minimum atomic E-state index is -2.11. The van der Waals surface area contributed by atoms with Gasteiger partial charge >= 0.3 is 23.9 Å². The Balaban J connectivity index is 1.28. The van der Waals surface area contributed by atoms with Gasteiger partial charge in [-0.05, 0) is 155 Å². The van der Waals surface area contributed by atoms with Crippen LogP contribution in [0, 0.1) is 16.2 Å². The molecule has 1 aromatic heterocycles. The maximum atomic E-state index is 14.4. The van der Waals surface area contributed by atoms with Crippen molar-refractivity contribution in [2.75, 3.05) is 77.5 Å². The van der Waals surface area contributed by atoms with E-state index >= 15 is 0 Å². The number of carboxylic acid groups (broad SMARTS) is 4. The van der Waals surface area contributed by atoms with E-state index in [0.717, 1.165) is 16.7 Å². The monoisotopic (exact) mass is 2060 g/mol. The molecule has 60 heteroatoms. The molecule has 3 fully saturated rings. The summed E-state index contributed by atoms with van der Waals surface area (Å²) in [4.78, 5) is 165. The Morgan fingerprint density at radius 1 is 0.521 bits per heavy atom. The van der Waals surface area contributed by atoms with Crippen LogP contribution in [0.1, 0.15) is 167 Å². The predicted molar refractivity (Wildman–Crippen MR) is 534 cm³/mol. The molecule has 800 valence electrons.